The summed E-state index contributed by atoms with van der Waals surface area (Å²) in [7, 11) is 0. The zero-order valence-electron chi connectivity index (χ0n) is 22.6. The first-order valence-electron chi connectivity index (χ1n) is 13.9. The van der Waals surface area contributed by atoms with Gasteiger partial charge in [0.05, 0.1) is 22.1 Å². The molecule has 41 heavy (non-hydrogen) atoms. The van der Waals surface area contributed by atoms with Gasteiger partial charge in [0.25, 0.3) is 5.56 Å². The van der Waals surface area contributed by atoms with Gasteiger partial charge in [0.15, 0.2) is 0 Å². The van der Waals surface area contributed by atoms with Crippen molar-refractivity contribution in [2.45, 2.75) is 6.92 Å². The van der Waals surface area contributed by atoms with Gasteiger partial charge in [-0.1, -0.05) is 85.5 Å². The van der Waals surface area contributed by atoms with Crippen LogP contribution < -0.4 is 5.56 Å². The molecule has 0 aliphatic heterocycles. The standard InChI is InChI=1S/C38H26N2O/c1-3-5-13-24(4-2)25-20-32-27-16-9-10-18-29(27)38(41)40-36-23-35-30(22-31(36)33(21-25)37(32)40)28-17-11-12-19-34(28)39(35)26-14-7-6-8-15-26/h3-23H,2H2,1H3/b5-3-,24-13+. The van der Waals surface area contributed by atoms with Crippen molar-refractivity contribution in [2.24, 2.45) is 0 Å². The summed E-state index contributed by atoms with van der Waals surface area (Å²) < 4.78 is 4.24. The minimum absolute atomic E-state index is 0.0102. The maximum absolute atomic E-state index is 14.2. The van der Waals surface area contributed by atoms with Crippen LogP contribution in [0.1, 0.15) is 12.5 Å². The molecule has 3 heteroatoms. The number of aromatic nitrogens is 2. The second kappa shape index (κ2) is 8.80. The van der Waals surface area contributed by atoms with Gasteiger partial charge >= 0.3 is 0 Å². The number of nitrogens with zero attached hydrogens (tertiary/aromatic N) is 2. The van der Waals surface area contributed by atoms with Crippen molar-refractivity contribution in [2.75, 3.05) is 0 Å². The summed E-state index contributed by atoms with van der Waals surface area (Å²) in [6.45, 7) is 6.12. The lowest BCUT2D eigenvalue weighted by Gasteiger charge is -2.10. The van der Waals surface area contributed by atoms with Gasteiger partial charge in [-0.3, -0.25) is 9.20 Å². The van der Waals surface area contributed by atoms with Crippen LogP contribution in [-0.2, 0) is 0 Å². The predicted octanol–water partition coefficient (Wildman–Crippen LogP) is 9.44. The van der Waals surface area contributed by atoms with E-state index in [1.807, 2.05) is 53.8 Å². The fraction of sp³-hybridized carbons (Fsp3) is 0.0263. The molecular formula is C38H26N2O. The summed E-state index contributed by atoms with van der Waals surface area (Å²) in [5, 5.41) is 7.26. The summed E-state index contributed by atoms with van der Waals surface area (Å²) in [4.78, 5) is 14.2. The molecule has 5 aromatic carbocycles. The fourth-order valence-electron chi connectivity index (χ4n) is 6.55. The van der Waals surface area contributed by atoms with Crippen LogP contribution in [0.4, 0.5) is 0 Å². The summed E-state index contributed by atoms with van der Waals surface area (Å²) in [6, 6.07) is 35.8. The second-order valence-electron chi connectivity index (χ2n) is 10.5. The van der Waals surface area contributed by atoms with Crippen LogP contribution in [0.25, 0.3) is 71.0 Å². The molecule has 0 aliphatic carbocycles. The normalized spacial score (nSPS) is 12.8. The maximum atomic E-state index is 14.2. The molecule has 8 rings (SSSR count). The molecule has 0 saturated carbocycles. The van der Waals surface area contributed by atoms with Crippen LogP contribution in [0.2, 0.25) is 0 Å². The molecule has 3 aromatic heterocycles. The highest BCUT2D eigenvalue weighted by atomic mass is 16.1. The molecule has 3 heterocycles. The molecule has 0 aliphatic rings. The van der Waals surface area contributed by atoms with Crippen molar-refractivity contribution in [3.8, 4) is 5.69 Å². The Hall–Kier alpha value is -5.41. The van der Waals surface area contributed by atoms with Crippen molar-refractivity contribution in [1.29, 1.82) is 0 Å². The van der Waals surface area contributed by atoms with E-state index >= 15 is 0 Å². The van der Waals surface area contributed by atoms with Crippen LogP contribution in [0.5, 0.6) is 0 Å². The third kappa shape index (κ3) is 3.23. The third-order valence-electron chi connectivity index (χ3n) is 8.34. The molecular weight excluding hydrogens is 500 g/mol. The van der Waals surface area contributed by atoms with Gasteiger partial charge in [-0.05, 0) is 72.0 Å². The Morgan fingerprint density at radius 1 is 0.659 bits per heavy atom. The van der Waals surface area contributed by atoms with Gasteiger partial charge in [-0.25, -0.2) is 0 Å². The fourth-order valence-corrected chi connectivity index (χ4v) is 6.55. The average molecular weight is 527 g/mol. The quantitative estimate of drug-likeness (QED) is 0.166. The van der Waals surface area contributed by atoms with E-state index in [0.29, 0.717) is 0 Å². The molecule has 0 amide bonds. The molecule has 0 unspecified atom stereocenters. The average Bonchev–Trinajstić information content (AvgIpc) is 3.52. The van der Waals surface area contributed by atoms with Gasteiger partial charge in [-0.2, -0.15) is 0 Å². The minimum Gasteiger partial charge on any atom is -0.309 e. The van der Waals surface area contributed by atoms with Crippen LogP contribution in [-0.4, -0.2) is 8.97 Å². The van der Waals surface area contributed by atoms with E-state index in [0.717, 1.165) is 65.8 Å². The molecule has 0 atom stereocenters. The van der Waals surface area contributed by atoms with E-state index in [2.05, 4.69) is 96.1 Å². The van der Waals surface area contributed by atoms with Gasteiger partial charge in [0.1, 0.15) is 0 Å². The Bertz CT molecular complexity index is 2450. The SMILES string of the molecule is C=C/C(=C\C=C/C)c1cc2c3ccccc3c(=O)n3c4cc5c(cc4c(c1)c23)c1ccccc1n5-c1ccccc1. The lowest BCUT2D eigenvalue weighted by atomic mass is 9.97. The van der Waals surface area contributed by atoms with Crippen LogP contribution >= 0.6 is 0 Å². The summed E-state index contributed by atoms with van der Waals surface area (Å²) in [5.41, 5.74) is 7.33. The Labute approximate surface area is 236 Å². The third-order valence-corrected chi connectivity index (χ3v) is 8.34. The largest absolute Gasteiger partial charge is 0.309 e. The van der Waals surface area contributed by atoms with Crippen molar-refractivity contribution in [3.63, 3.8) is 0 Å². The van der Waals surface area contributed by atoms with Crippen molar-refractivity contribution in [1.82, 2.24) is 8.97 Å². The number of para-hydroxylation sites is 2. The number of hydrogen-bond donors (Lipinski definition) is 0. The number of allylic oxidation sites excluding steroid dienone is 5. The molecule has 0 fully saturated rings. The highest BCUT2D eigenvalue weighted by molar-refractivity contribution is 6.24. The van der Waals surface area contributed by atoms with Gasteiger partial charge < -0.3 is 4.57 Å². The predicted molar refractivity (Wildman–Crippen MR) is 175 cm³/mol. The number of benzene rings is 5. The first kappa shape index (κ1) is 23.5. The van der Waals surface area contributed by atoms with E-state index in [1.54, 1.807) is 0 Å². The van der Waals surface area contributed by atoms with E-state index in [4.69, 9.17) is 0 Å². The van der Waals surface area contributed by atoms with E-state index in [-0.39, 0.29) is 5.56 Å². The maximum Gasteiger partial charge on any atom is 0.263 e. The van der Waals surface area contributed by atoms with E-state index in [9.17, 15) is 4.79 Å². The molecule has 194 valence electrons. The van der Waals surface area contributed by atoms with Crippen molar-refractivity contribution in [3.05, 3.63) is 150 Å². The highest BCUT2D eigenvalue weighted by Crippen LogP contribution is 2.41. The molecule has 0 spiro atoms. The first-order chi connectivity index (χ1) is 20.2. The Morgan fingerprint density at radius 3 is 2.07 bits per heavy atom. The zero-order valence-corrected chi connectivity index (χ0v) is 22.6. The molecule has 0 bridgehead atoms. The molecule has 0 radical (unpaired) electrons. The first-order valence-corrected chi connectivity index (χ1v) is 13.9. The summed E-state index contributed by atoms with van der Waals surface area (Å²) in [5.74, 6) is 0. The number of fused-ring (bicyclic) bond motifs is 8. The smallest absolute Gasteiger partial charge is 0.263 e. The van der Waals surface area contributed by atoms with Gasteiger partial charge in [0, 0.05) is 38.0 Å². The Kier molecular flexibility index (Phi) is 5.04. The topological polar surface area (TPSA) is 26.4 Å². The Balaban J connectivity index is 1.63. The lowest BCUT2D eigenvalue weighted by Crippen LogP contribution is -2.12. The van der Waals surface area contributed by atoms with Crippen molar-refractivity contribution < 1.29 is 0 Å². The number of rotatable bonds is 4. The van der Waals surface area contributed by atoms with Gasteiger partial charge in [-0.15, -0.1) is 0 Å². The van der Waals surface area contributed by atoms with Crippen LogP contribution in [0.3, 0.4) is 0 Å². The highest BCUT2D eigenvalue weighted by Gasteiger charge is 2.21. The van der Waals surface area contributed by atoms with Gasteiger partial charge in [0.2, 0.25) is 0 Å². The number of pyridine rings is 1. The van der Waals surface area contributed by atoms with E-state index < -0.39 is 0 Å². The number of hydrogen-bond acceptors (Lipinski definition) is 1. The molecule has 8 aromatic rings. The van der Waals surface area contributed by atoms with E-state index in [1.165, 1.54) is 10.8 Å². The lowest BCUT2D eigenvalue weighted by molar-refractivity contribution is 1.17. The molecule has 0 saturated heterocycles. The summed E-state index contributed by atoms with van der Waals surface area (Å²) in [6.07, 6.45) is 8.05. The molecule has 0 N–H and O–H groups in total. The Morgan fingerprint density at radius 2 is 1.32 bits per heavy atom. The summed E-state index contributed by atoms with van der Waals surface area (Å²) >= 11 is 0. The monoisotopic (exact) mass is 526 g/mol. The van der Waals surface area contributed by atoms with Crippen LogP contribution in [0.15, 0.2) is 139 Å². The minimum atomic E-state index is 0.0102. The van der Waals surface area contributed by atoms with Crippen molar-refractivity contribution >= 4 is 65.3 Å². The van der Waals surface area contributed by atoms with Crippen LogP contribution in [0, 0.1) is 0 Å². The second-order valence-corrected chi connectivity index (χ2v) is 10.5. The molecule has 3 nitrogen and oxygen atoms in total. The zero-order chi connectivity index (χ0) is 27.7.